The zero-order valence-corrected chi connectivity index (χ0v) is 9.94. The van der Waals surface area contributed by atoms with Crippen LogP contribution in [0.15, 0.2) is 24.5 Å². The maximum atomic E-state index is 5.93. The lowest BCUT2D eigenvalue weighted by molar-refractivity contribution is 0.350. The van der Waals surface area contributed by atoms with Crippen LogP contribution >= 0.6 is 8.38 Å². The fourth-order valence-electron chi connectivity index (χ4n) is 1.49. The maximum Gasteiger partial charge on any atom is 0.209 e. The van der Waals surface area contributed by atoms with E-state index in [9.17, 15) is 0 Å². The second-order valence-corrected chi connectivity index (χ2v) is 4.74. The molecule has 1 aromatic carbocycles. The summed E-state index contributed by atoms with van der Waals surface area (Å²) in [5.41, 5.74) is 8.06. The number of hydrogen-bond acceptors (Lipinski definition) is 5. The van der Waals surface area contributed by atoms with Gasteiger partial charge in [0, 0.05) is 32.3 Å². The molecular formula is C10H12N3O2P. The summed E-state index contributed by atoms with van der Waals surface area (Å²) < 4.78 is 10.5. The minimum absolute atomic E-state index is 0.614. The molecule has 0 aliphatic rings. The third kappa shape index (κ3) is 1.85. The van der Waals surface area contributed by atoms with Gasteiger partial charge in [-0.25, -0.2) is 0 Å². The Morgan fingerprint density at radius 1 is 1.12 bits per heavy atom. The third-order valence-corrected chi connectivity index (χ3v) is 3.66. The molecule has 0 aliphatic carbocycles. The zero-order valence-electron chi connectivity index (χ0n) is 9.04. The van der Waals surface area contributed by atoms with Crippen molar-refractivity contribution in [1.29, 1.82) is 0 Å². The normalized spacial score (nSPS) is 11.2. The van der Waals surface area contributed by atoms with E-state index in [0.717, 1.165) is 16.3 Å². The maximum absolute atomic E-state index is 5.93. The molecule has 1 aromatic heterocycles. The molecule has 0 atom stereocenters. The van der Waals surface area contributed by atoms with Crippen molar-refractivity contribution in [3.05, 3.63) is 24.5 Å². The van der Waals surface area contributed by atoms with E-state index >= 15 is 0 Å². The minimum atomic E-state index is -1.20. The van der Waals surface area contributed by atoms with Crippen molar-refractivity contribution in [1.82, 2.24) is 9.97 Å². The summed E-state index contributed by atoms with van der Waals surface area (Å²) >= 11 is 0. The van der Waals surface area contributed by atoms with Crippen LogP contribution in [0.3, 0.4) is 0 Å². The lowest BCUT2D eigenvalue weighted by atomic mass is 10.2. The molecule has 0 unspecified atom stereocenters. The van der Waals surface area contributed by atoms with Gasteiger partial charge in [-0.05, 0) is 12.1 Å². The van der Waals surface area contributed by atoms with Gasteiger partial charge in [-0.15, -0.1) is 0 Å². The SMILES string of the molecule is COP(OC)c1c(N)ccc2nccnc12. The van der Waals surface area contributed by atoms with Gasteiger partial charge in [0.2, 0.25) is 8.38 Å². The topological polar surface area (TPSA) is 70.3 Å². The third-order valence-electron chi connectivity index (χ3n) is 2.16. The molecule has 84 valence electrons. The molecule has 0 aliphatic heterocycles. The number of nitrogen functional groups attached to an aromatic ring is 1. The van der Waals surface area contributed by atoms with Crippen LogP contribution in [0.25, 0.3) is 11.0 Å². The van der Waals surface area contributed by atoms with E-state index in [1.54, 1.807) is 32.7 Å². The second-order valence-electron chi connectivity index (χ2n) is 3.05. The largest absolute Gasteiger partial charge is 0.398 e. The van der Waals surface area contributed by atoms with Crippen molar-refractivity contribution in [2.45, 2.75) is 0 Å². The van der Waals surface area contributed by atoms with E-state index in [4.69, 9.17) is 14.8 Å². The average molecular weight is 237 g/mol. The van der Waals surface area contributed by atoms with Crippen LogP contribution in [0.5, 0.6) is 0 Å². The van der Waals surface area contributed by atoms with Crippen molar-refractivity contribution in [2.24, 2.45) is 0 Å². The van der Waals surface area contributed by atoms with Gasteiger partial charge in [0.05, 0.1) is 10.8 Å². The standard InChI is InChI=1S/C10H12N3O2P/c1-14-16(15-2)10-7(11)3-4-8-9(10)13-6-5-12-8/h3-6H,11H2,1-2H3. The van der Waals surface area contributed by atoms with E-state index in [0.29, 0.717) is 5.69 Å². The van der Waals surface area contributed by atoms with Crippen LogP contribution in [0.2, 0.25) is 0 Å². The number of nitrogens with zero attached hydrogens (tertiary/aromatic N) is 2. The highest BCUT2D eigenvalue weighted by Crippen LogP contribution is 2.39. The summed E-state index contributed by atoms with van der Waals surface area (Å²) in [7, 11) is 1.97. The van der Waals surface area contributed by atoms with Crippen molar-refractivity contribution >= 4 is 30.4 Å². The Balaban J connectivity index is 2.69. The highest BCUT2D eigenvalue weighted by atomic mass is 31.2. The van der Waals surface area contributed by atoms with Gasteiger partial charge in [0.25, 0.3) is 0 Å². The van der Waals surface area contributed by atoms with Gasteiger partial charge in [0.15, 0.2) is 0 Å². The summed E-state index contributed by atoms with van der Waals surface area (Å²) in [4.78, 5) is 8.49. The number of fused-ring (bicyclic) bond motifs is 1. The first-order valence-electron chi connectivity index (χ1n) is 4.65. The molecule has 0 radical (unpaired) electrons. The predicted molar refractivity (Wildman–Crippen MR) is 64.5 cm³/mol. The molecule has 0 saturated carbocycles. The second kappa shape index (κ2) is 4.70. The number of hydrogen-bond donors (Lipinski definition) is 1. The van der Waals surface area contributed by atoms with Gasteiger partial charge in [-0.2, -0.15) is 0 Å². The Labute approximate surface area is 94.5 Å². The number of aromatic nitrogens is 2. The van der Waals surface area contributed by atoms with E-state index in [-0.39, 0.29) is 0 Å². The van der Waals surface area contributed by atoms with Gasteiger partial charge >= 0.3 is 0 Å². The molecule has 1 heterocycles. The van der Waals surface area contributed by atoms with Gasteiger partial charge < -0.3 is 14.8 Å². The van der Waals surface area contributed by atoms with Crippen LogP contribution in [0.1, 0.15) is 0 Å². The molecule has 2 rings (SSSR count). The quantitative estimate of drug-likeness (QED) is 0.646. The molecule has 16 heavy (non-hydrogen) atoms. The van der Waals surface area contributed by atoms with Crippen LogP contribution in [-0.4, -0.2) is 24.2 Å². The molecule has 6 heteroatoms. The van der Waals surface area contributed by atoms with Crippen molar-refractivity contribution in [3.63, 3.8) is 0 Å². The molecule has 0 fully saturated rings. The first-order chi connectivity index (χ1) is 7.77. The molecular weight excluding hydrogens is 225 g/mol. The predicted octanol–water partition coefficient (Wildman–Crippen LogP) is 1.44. The average Bonchev–Trinajstić information content (AvgIpc) is 2.33. The lowest BCUT2D eigenvalue weighted by Crippen LogP contribution is -2.12. The molecule has 2 N–H and O–H groups in total. The summed E-state index contributed by atoms with van der Waals surface area (Å²) in [6, 6.07) is 3.62. The Morgan fingerprint density at radius 3 is 2.50 bits per heavy atom. The number of nitrogens with two attached hydrogens (primary N) is 1. The van der Waals surface area contributed by atoms with Crippen molar-refractivity contribution < 1.29 is 9.05 Å². The monoisotopic (exact) mass is 237 g/mol. The fraction of sp³-hybridized carbons (Fsp3) is 0.200. The highest BCUT2D eigenvalue weighted by molar-refractivity contribution is 7.57. The van der Waals surface area contributed by atoms with E-state index in [1.807, 2.05) is 6.07 Å². The number of anilines is 1. The first-order valence-corrected chi connectivity index (χ1v) is 5.83. The number of rotatable bonds is 3. The first kappa shape index (κ1) is 11.2. The summed E-state index contributed by atoms with van der Waals surface area (Å²) in [6.45, 7) is 0. The summed E-state index contributed by atoms with van der Waals surface area (Å²) in [6.07, 6.45) is 3.27. The van der Waals surface area contributed by atoms with E-state index in [1.165, 1.54) is 0 Å². The zero-order chi connectivity index (χ0) is 11.5. The smallest absolute Gasteiger partial charge is 0.209 e. The van der Waals surface area contributed by atoms with Gasteiger partial charge in [-0.1, -0.05) is 0 Å². The van der Waals surface area contributed by atoms with Gasteiger partial charge in [-0.3, -0.25) is 9.97 Å². The Kier molecular flexibility index (Phi) is 3.29. The van der Waals surface area contributed by atoms with Gasteiger partial charge in [0.1, 0.15) is 5.52 Å². The molecule has 0 saturated heterocycles. The van der Waals surface area contributed by atoms with Crippen LogP contribution in [0.4, 0.5) is 5.69 Å². The van der Waals surface area contributed by atoms with Crippen molar-refractivity contribution in [2.75, 3.05) is 20.0 Å². The number of benzene rings is 1. The highest BCUT2D eigenvalue weighted by Gasteiger charge is 2.18. The van der Waals surface area contributed by atoms with E-state index in [2.05, 4.69) is 9.97 Å². The van der Waals surface area contributed by atoms with Crippen LogP contribution in [-0.2, 0) is 9.05 Å². The summed E-state index contributed by atoms with van der Waals surface area (Å²) in [5, 5.41) is 0.783. The summed E-state index contributed by atoms with van der Waals surface area (Å²) in [5.74, 6) is 0. The molecule has 0 amide bonds. The Morgan fingerprint density at radius 2 is 1.81 bits per heavy atom. The molecule has 2 aromatic rings. The molecule has 0 spiro atoms. The van der Waals surface area contributed by atoms with Crippen LogP contribution < -0.4 is 11.0 Å². The van der Waals surface area contributed by atoms with Crippen LogP contribution in [0, 0.1) is 0 Å². The van der Waals surface area contributed by atoms with E-state index < -0.39 is 8.38 Å². The Bertz CT molecular complexity index is 502. The van der Waals surface area contributed by atoms with Crippen molar-refractivity contribution in [3.8, 4) is 0 Å². The Hall–Kier alpha value is -1.29. The lowest BCUT2D eigenvalue weighted by Gasteiger charge is -2.15. The molecule has 0 bridgehead atoms. The minimum Gasteiger partial charge on any atom is -0.398 e. The molecule has 5 nitrogen and oxygen atoms in total. The fourth-order valence-corrected chi connectivity index (χ4v) is 2.63.